The Morgan fingerprint density at radius 1 is 1.20 bits per heavy atom. The van der Waals surface area contributed by atoms with E-state index in [1.807, 2.05) is 0 Å². The maximum atomic E-state index is 12.5. The van der Waals surface area contributed by atoms with Crippen LogP contribution in [0.2, 0.25) is 0 Å². The van der Waals surface area contributed by atoms with Crippen LogP contribution in [0.1, 0.15) is 4.88 Å². The quantitative estimate of drug-likeness (QED) is 0.640. The van der Waals surface area contributed by atoms with E-state index in [-0.39, 0.29) is 23.1 Å². The Labute approximate surface area is 173 Å². The molecule has 9 heteroatoms. The molecule has 0 bridgehead atoms. The summed E-state index contributed by atoms with van der Waals surface area (Å²) in [7, 11) is 1.52. The molecule has 1 N–H and O–H groups in total. The Morgan fingerprint density at radius 2 is 2.00 bits per heavy atom. The molecule has 2 aromatic carbocycles. The normalized spacial score (nSPS) is 15.5. The molecule has 1 amide bonds. The largest absolute Gasteiger partial charge is 0.497 e. The van der Waals surface area contributed by atoms with Crippen molar-refractivity contribution in [3.05, 3.63) is 67.1 Å². The molecule has 0 saturated carbocycles. The van der Waals surface area contributed by atoms with Gasteiger partial charge in [0.15, 0.2) is 11.5 Å². The first kappa shape index (κ1) is 18.2. The van der Waals surface area contributed by atoms with Crippen LogP contribution in [-0.4, -0.2) is 29.5 Å². The second-order valence-electron chi connectivity index (χ2n) is 6.52. The lowest BCUT2D eigenvalue weighted by Gasteiger charge is -2.06. The molecule has 0 aliphatic carbocycles. The zero-order chi connectivity index (χ0) is 20.8. The zero-order valence-corrected chi connectivity index (χ0v) is 16.4. The molecule has 0 fully saturated rings. The first-order valence-electron chi connectivity index (χ1n) is 8.89. The Bertz CT molecular complexity index is 1420. The van der Waals surface area contributed by atoms with E-state index in [4.69, 9.17) is 14.2 Å². The van der Waals surface area contributed by atoms with Crippen LogP contribution in [0.15, 0.2) is 51.8 Å². The fourth-order valence-electron chi connectivity index (χ4n) is 3.26. The number of carbonyl (C=O) groups is 1. The molecular formula is C21H14N2O6S. The highest BCUT2D eigenvalue weighted by molar-refractivity contribution is 7.10. The first-order valence-corrected chi connectivity index (χ1v) is 9.70. The van der Waals surface area contributed by atoms with Gasteiger partial charge < -0.3 is 19.3 Å². The minimum atomic E-state index is -0.477. The van der Waals surface area contributed by atoms with Crippen LogP contribution in [0.4, 0.5) is 0 Å². The summed E-state index contributed by atoms with van der Waals surface area (Å²) < 4.78 is 17.0. The number of hydrogen-bond acceptors (Lipinski definition) is 7. The summed E-state index contributed by atoms with van der Waals surface area (Å²) in [6.07, 6.45) is 3.10. The van der Waals surface area contributed by atoms with E-state index in [2.05, 4.69) is 4.99 Å². The van der Waals surface area contributed by atoms with Crippen LogP contribution in [0, 0.1) is 0 Å². The molecule has 8 nitrogen and oxygen atoms in total. The highest BCUT2D eigenvalue weighted by atomic mass is 32.1. The summed E-state index contributed by atoms with van der Waals surface area (Å²) in [6.45, 7) is 0.120. The third kappa shape index (κ3) is 2.96. The van der Waals surface area contributed by atoms with Crippen molar-refractivity contribution in [3.8, 4) is 28.8 Å². The van der Waals surface area contributed by atoms with Gasteiger partial charge in [-0.2, -0.15) is 0 Å². The van der Waals surface area contributed by atoms with Gasteiger partial charge in [0, 0.05) is 22.9 Å². The van der Waals surface area contributed by atoms with Crippen LogP contribution in [0.3, 0.4) is 0 Å². The average Bonchev–Trinajstić information content (AvgIpc) is 3.30. The van der Waals surface area contributed by atoms with Gasteiger partial charge in [0.25, 0.3) is 5.91 Å². The summed E-state index contributed by atoms with van der Waals surface area (Å²) in [4.78, 5) is 29.0. The Hall–Kier alpha value is -3.85. The van der Waals surface area contributed by atoms with Gasteiger partial charge in [-0.3, -0.25) is 9.59 Å². The maximum absolute atomic E-state index is 12.5. The molecule has 3 heterocycles. The fraction of sp³-hybridized carbons (Fsp3) is 0.0952. The lowest BCUT2D eigenvalue weighted by molar-refractivity contribution is -0.114. The molecule has 3 aromatic rings. The van der Waals surface area contributed by atoms with Crippen LogP contribution in [0.5, 0.6) is 23.1 Å². The number of thiazole rings is 1. The lowest BCUT2D eigenvalue weighted by atomic mass is 10.1. The van der Waals surface area contributed by atoms with E-state index in [1.54, 1.807) is 42.5 Å². The number of amides is 1. The molecule has 0 radical (unpaired) electrons. The number of carbonyl (C=O) groups excluding carboxylic acids is 1. The third-order valence-electron chi connectivity index (χ3n) is 4.71. The van der Waals surface area contributed by atoms with Gasteiger partial charge in [0.2, 0.25) is 12.7 Å². The van der Waals surface area contributed by atoms with E-state index >= 15 is 0 Å². The highest BCUT2D eigenvalue weighted by Gasteiger charge is 2.20. The Kier molecular flexibility index (Phi) is 4.18. The van der Waals surface area contributed by atoms with Crippen LogP contribution < -0.4 is 29.7 Å². The van der Waals surface area contributed by atoms with Gasteiger partial charge in [-0.25, -0.2) is 9.56 Å². The number of nitrogens with zero attached hydrogens (tertiary/aromatic N) is 2. The number of ether oxygens (including phenoxy) is 3. The summed E-state index contributed by atoms with van der Waals surface area (Å²) in [5.41, 5.74) is 0.704. The van der Waals surface area contributed by atoms with E-state index < -0.39 is 10.8 Å². The van der Waals surface area contributed by atoms with Crippen molar-refractivity contribution < 1.29 is 24.1 Å². The van der Waals surface area contributed by atoms with E-state index in [1.165, 1.54) is 13.2 Å². The van der Waals surface area contributed by atoms with Crippen molar-refractivity contribution >= 4 is 29.4 Å². The molecule has 0 atom stereocenters. The fourth-order valence-corrected chi connectivity index (χ4v) is 4.10. The number of rotatable bonds is 3. The first-order chi connectivity index (χ1) is 14.5. The van der Waals surface area contributed by atoms with Crippen molar-refractivity contribution in [2.45, 2.75) is 0 Å². The predicted molar refractivity (Wildman–Crippen MR) is 109 cm³/mol. The predicted octanol–water partition coefficient (Wildman–Crippen LogP) is 1.37. The van der Waals surface area contributed by atoms with Crippen molar-refractivity contribution in [1.82, 2.24) is 4.57 Å². The lowest BCUT2D eigenvalue weighted by Crippen LogP contribution is -2.30. The number of aromatic hydroxyl groups is 1. The van der Waals surface area contributed by atoms with E-state index in [0.29, 0.717) is 33.5 Å². The van der Waals surface area contributed by atoms with Gasteiger partial charge in [-0.1, -0.05) is 17.4 Å². The summed E-state index contributed by atoms with van der Waals surface area (Å²) in [5.74, 6) is 0.927. The molecule has 150 valence electrons. The number of aromatic nitrogens is 1. The number of benzene rings is 2. The van der Waals surface area contributed by atoms with Gasteiger partial charge in [-0.05, 0) is 30.4 Å². The molecule has 30 heavy (non-hydrogen) atoms. The van der Waals surface area contributed by atoms with Crippen LogP contribution in [-0.2, 0) is 4.79 Å². The Morgan fingerprint density at radius 3 is 2.80 bits per heavy atom. The molecule has 0 spiro atoms. The molecular weight excluding hydrogens is 408 g/mol. The number of methoxy groups -OCH3 is 1. The topological polar surface area (TPSA) is 99.3 Å². The maximum Gasteiger partial charge on any atom is 0.315 e. The monoisotopic (exact) mass is 422 g/mol. The molecule has 5 rings (SSSR count). The van der Waals surface area contributed by atoms with E-state index in [0.717, 1.165) is 15.9 Å². The van der Waals surface area contributed by atoms with Crippen molar-refractivity contribution in [3.63, 3.8) is 0 Å². The second kappa shape index (κ2) is 6.89. The van der Waals surface area contributed by atoms with E-state index in [9.17, 15) is 14.7 Å². The number of fused-ring (bicyclic) bond motifs is 2. The highest BCUT2D eigenvalue weighted by Crippen LogP contribution is 2.30. The number of hydrogen-bond donors (Lipinski definition) is 1. The zero-order valence-electron chi connectivity index (χ0n) is 15.6. The minimum absolute atomic E-state index is 0.120. The second-order valence-corrected chi connectivity index (χ2v) is 7.51. The molecule has 0 saturated heterocycles. The minimum Gasteiger partial charge on any atom is -0.497 e. The van der Waals surface area contributed by atoms with Gasteiger partial charge in [-0.15, -0.1) is 0 Å². The summed E-state index contributed by atoms with van der Waals surface area (Å²) >= 11 is 0.828. The molecule has 2 aliphatic heterocycles. The molecule has 0 unspecified atom stereocenters. The van der Waals surface area contributed by atoms with Crippen molar-refractivity contribution in [1.29, 1.82) is 0 Å². The van der Waals surface area contributed by atoms with Gasteiger partial charge in [0.1, 0.15) is 5.75 Å². The summed E-state index contributed by atoms with van der Waals surface area (Å²) in [5, 5.41) is 11.8. The molecule has 1 aromatic heterocycles. The smallest absolute Gasteiger partial charge is 0.315 e. The van der Waals surface area contributed by atoms with Crippen molar-refractivity contribution in [2.75, 3.05) is 13.9 Å². The Balaban J connectivity index is 1.60. The molecule has 2 aliphatic rings. The van der Waals surface area contributed by atoms with Gasteiger partial charge in [0.05, 0.1) is 23.0 Å². The van der Waals surface area contributed by atoms with Crippen LogP contribution in [0.25, 0.3) is 17.8 Å². The third-order valence-corrected chi connectivity index (χ3v) is 5.59. The standard InChI is InChI=1S/C21H14N2O6S/c1-27-14-4-2-3-13(8-14)23-20(25)18(30-21(23)26)7-12-5-11-6-16-17(29-10-28-16)9-15(11)22-19(12)24/h2-9,25H,10H2,1H3. The van der Waals surface area contributed by atoms with Crippen LogP contribution >= 0.6 is 11.3 Å². The SMILES string of the molecule is COc1cccc(-n2c(O)c(C=C3C=c4cc5c(cc4=NC3=O)OCO5)sc2=O)c1. The van der Waals surface area contributed by atoms with Crippen molar-refractivity contribution in [2.24, 2.45) is 4.99 Å². The average molecular weight is 422 g/mol. The van der Waals surface area contributed by atoms with Gasteiger partial charge >= 0.3 is 4.87 Å². The summed E-state index contributed by atoms with van der Waals surface area (Å²) in [6, 6.07) is 10.2.